The van der Waals surface area contributed by atoms with Crippen LogP contribution in [0.3, 0.4) is 0 Å². The first kappa shape index (κ1) is 12.6. The lowest BCUT2D eigenvalue weighted by Crippen LogP contribution is -2.44. The summed E-state index contributed by atoms with van der Waals surface area (Å²) < 4.78 is 0. The number of hydrogen-bond acceptors (Lipinski definition) is 4. The molecule has 1 N–H and O–H groups in total. The molecule has 2 aromatic rings. The molecule has 1 aliphatic rings. The van der Waals surface area contributed by atoms with E-state index >= 15 is 0 Å². The molecule has 1 saturated heterocycles. The molecule has 100 valence electrons. The van der Waals surface area contributed by atoms with Crippen LogP contribution in [0.15, 0.2) is 24.3 Å². The predicted molar refractivity (Wildman–Crippen MR) is 78.8 cm³/mol. The van der Waals surface area contributed by atoms with Gasteiger partial charge in [0.25, 0.3) is 0 Å². The summed E-state index contributed by atoms with van der Waals surface area (Å²) in [6, 6.07) is 8.33. The Bertz CT molecular complexity index is 587. The number of halogens is 1. The fourth-order valence-corrected chi connectivity index (χ4v) is 2.83. The minimum absolute atomic E-state index is 0.496. The van der Waals surface area contributed by atoms with E-state index in [1.54, 1.807) is 0 Å². The van der Waals surface area contributed by atoms with Crippen LogP contribution in [0.1, 0.15) is 12.8 Å². The highest BCUT2D eigenvalue weighted by Gasteiger charge is 2.22. The maximum absolute atomic E-state index is 6.29. The monoisotopic (exact) mass is 276 g/mol. The number of benzene rings is 1. The SMILES string of the molecule is CN[C@@H]1CCCN(c2nc3ccccc3nc2Cl)C1. The summed E-state index contributed by atoms with van der Waals surface area (Å²) in [5.74, 6) is 0.806. The number of hydrogen-bond donors (Lipinski definition) is 1. The van der Waals surface area contributed by atoms with Crippen LogP contribution < -0.4 is 10.2 Å². The van der Waals surface area contributed by atoms with Crippen LogP contribution in [0.2, 0.25) is 5.15 Å². The van der Waals surface area contributed by atoms with E-state index in [9.17, 15) is 0 Å². The van der Waals surface area contributed by atoms with Crippen molar-refractivity contribution < 1.29 is 0 Å². The number of rotatable bonds is 2. The first-order valence-corrected chi connectivity index (χ1v) is 7.00. The highest BCUT2D eigenvalue weighted by atomic mass is 35.5. The van der Waals surface area contributed by atoms with Gasteiger partial charge >= 0.3 is 0 Å². The molecule has 0 unspecified atom stereocenters. The van der Waals surface area contributed by atoms with E-state index in [0.717, 1.165) is 36.4 Å². The molecule has 3 rings (SSSR count). The topological polar surface area (TPSA) is 41.0 Å². The molecule has 4 nitrogen and oxygen atoms in total. The van der Waals surface area contributed by atoms with Gasteiger partial charge in [-0.1, -0.05) is 23.7 Å². The minimum Gasteiger partial charge on any atom is -0.352 e. The average Bonchev–Trinajstić information content (AvgIpc) is 2.46. The average molecular weight is 277 g/mol. The number of anilines is 1. The standard InChI is InChI=1S/C14H17ClN4/c1-16-10-5-4-8-19(9-10)14-13(15)17-11-6-2-3-7-12(11)18-14/h2-3,6-7,10,16H,4-5,8-9H2,1H3/t10-/m1/s1. The van der Waals surface area contributed by atoms with Crippen LogP contribution in [0.25, 0.3) is 11.0 Å². The van der Waals surface area contributed by atoms with Crippen LogP contribution in [0, 0.1) is 0 Å². The second-order valence-corrected chi connectivity index (χ2v) is 5.26. The number of likely N-dealkylation sites (N-methyl/N-ethyl adjacent to an activating group) is 1. The summed E-state index contributed by atoms with van der Waals surface area (Å²) in [6.07, 6.45) is 2.35. The largest absolute Gasteiger partial charge is 0.352 e. The van der Waals surface area contributed by atoms with Crippen molar-refractivity contribution in [1.29, 1.82) is 0 Å². The van der Waals surface area contributed by atoms with E-state index in [0.29, 0.717) is 11.2 Å². The lowest BCUT2D eigenvalue weighted by molar-refractivity contribution is 0.447. The van der Waals surface area contributed by atoms with E-state index in [2.05, 4.69) is 20.2 Å². The van der Waals surface area contributed by atoms with Crippen molar-refractivity contribution in [3.8, 4) is 0 Å². The Morgan fingerprint density at radius 3 is 2.74 bits per heavy atom. The Balaban J connectivity index is 1.97. The third-order valence-electron chi connectivity index (χ3n) is 3.64. The van der Waals surface area contributed by atoms with Crippen molar-refractivity contribution in [3.63, 3.8) is 0 Å². The zero-order chi connectivity index (χ0) is 13.2. The van der Waals surface area contributed by atoms with E-state index in [1.165, 1.54) is 6.42 Å². The Kier molecular flexibility index (Phi) is 3.53. The van der Waals surface area contributed by atoms with Gasteiger partial charge in [0, 0.05) is 19.1 Å². The van der Waals surface area contributed by atoms with Crippen molar-refractivity contribution in [1.82, 2.24) is 15.3 Å². The maximum atomic E-state index is 6.29. The second kappa shape index (κ2) is 5.31. The third kappa shape index (κ3) is 2.51. The quantitative estimate of drug-likeness (QED) is 0.915. The van der Waals surface area contributed by atoms with Gasteiger partial charge in [-0.15, -0.1) is 0 Å². The normalized spacial score (nSPS) is 19.9. The number of para-hydroxylation sites is 2. The third-order valence-corrected chi connectivity index (χ3v) is 3.89. The molecule has 1 aliphatic heterocycles. The molecule has 1 aromatic heterocycles. The summed E-state index contributed by atoms with van der Waals surface area (Å²) in [5, 5.41) is 3.82. The molecule has 1 fully saturated rings. The molecular formula is C14H17ClN4. The van der Waals surface area contributed by atoms with Gasteiger partial charge in [0.2, 0.25) is 0 Å². The summed E-state index contributed by atoms with van der Waals surface area (Å²) >= 11 is 6.29. The van der Waals surface area contributed by atoms with Crippen LogP contribution >= 0.6 is 11.6 Å². The van der Waals surface area contributed by atoms with Gasteiger partial charge in [-0.2, -0.15) is 0 Å². The van der Waals surface area contributed by atoms with Gasteiger partial charge in [-0.3, -0.25) is 0 Å². The molecule has 0 amide bonds. The van der Waals surface area contributed by atoms with Gasteiger partial charge in [0.05, 0.1) is 11.0 Å². The lowest BCUT2D eigenvalue weighted by Gasteiger charge is -2.33. The number of nitrogens with zero attached hydrogens (tertiary/aromatic N) is 3. The smallest absolute Gasteiger partial charge is 0.172 e. The highest BCUT2D eigenvalue weighted by molar-refractivity contribution is 6.32. The maximum Gasteiger partial charge on any atom is 0.172 e. The molecular weight excluding hydrogens is 260 g/mol. The van der Waals surface area contributed by atoms with Gasteiger partial charge < -0.3 is 10.2 Å². The number of nitrogens with one attached hydrogen (secondary N) is 1. The molecule has 1 atom stereocenters. The Morgan fingerprint density at radius 2 is 2.00 bits per heavy atom. The molecule has 0 bridgehead atoms. The summed E-state index contributed by atoms with van der Waals surface area (Å²) in [7, 11) is 2.00. The fourth-order valence-electron chi connectivity index (χ4n) is 2.58. The zero-order valence-corrected chi connectivity index (χ0v) is 11.7. The summed E-state index contributed by atoms with van der Waals surface area (Å²) in [4.78, 5) is 11.3. The molecule has 0 saturated carbocycles. The molecule has 0 spiro atoms. The Morgan fingerprint density at radius 1 is 1.26 bits per heavy atom. The molecule has 2 heterocycles. The second-order valence-electron chi connectivity index (χ2n) is 4.90. The van der Waals surface area contributed by atoms with Gasteiger partial charge in [-0.25, -0.2) is 9.97 Å². The molecule has 19 heavy (non-hydrogen) atoms. The molecule has 0 aliphatic carbocycles. The Hall–Kier alpha value is -1.39. The molecule has 5 heteroatoms. The van der Waals surface area contributed by atoms with Crippen LogP contribution in [-0.4, -0.2) is 36.1 Å². The number of piperidine rings is 1. The number of aromatic nitrogens is 2. The van der Waals surface area contributed by atoms with Crippen LogP contribution in [0.5, 0.6) is 0 Å². The minimum atomic E-state index is 0.496. The van der Waals surface area contributed by atoms with Crippen LogP contribution in [0.4, 0.5) is 5.82 Å². The number of fused-ring (bicyclic) bond motifs is 1. The predicted octanol–water partition coefficient (Wildman–Crippen LogP) is 2.47. The summed E-state index contributed by atoms with van der Waals surface area (Å²) in [6.45, 7) is 1.92. The zero-order valence-electron chi connectivity index (χ0n) is 10.9. The van der Waals surface area contributed by atoms with E-state index in [-0.39, 0.29) is 0 Å². The van der Waals surface area contributed by atoms with Gasteiger partial charge in [0.15, 0.2) is 11.0 Å². The lowest BCUT2D eigenvalue weighted by atomic mass is 10.1. The Labute approximate surface area is 117 Å². The van der Waals surface area contributed by atoms with E-state index < -0.39 is 0 Å². The fraction of sp³-hybridized carbons (Fsp3) is 0.429. The molecule has 1 aromatic carbocycles. The first-order valence-electron chi connectivity index (χ1n) is 6.62. The van der Waals surface area contributed by atoms with Crippen molar-refractivity contribution in [2.75, 3.05) is 25.0 Å². The molecule has 0 radical (unpaired) electrons. The van der Waals surface area contributed by atoms with E-state index in [1.807, 2.05) is 31.3 Å². The van der Waals surface area contributed by atoms with E-state index in [4.69, 9.17) is 11.6 Å². The summed E-state index contributed by atoms with van der Waals surface area (Å²) in [5.41, 5.74) is 1.74. The van der Waals surface area contributed by atoms with Crippen molar-refractivity contribution in [3.05, 3.63) is 29.4 Å². The van der Waals surface area contributed by atoms with Crippen molar-refractivity contribution in [2.24, 2.45) is 0 Å². The first-order chi connectivity index (χ1) is 9.28. The van der Waals surface area contributed by atoms with Crippen molar-refractivity contribution in [2.45, 2.75) is 18.9 Å². The van der Waals surface area contributed by atoms with Crippen LogP contribution in [-0.2, 0) is 0 Å². The van der Waals surface area contributed by atoms with Crippen molar-refractivity contribution >= 4 is 28.5 Å². The highest BCUT2D eigenvalue weighted by Crippen LogP contribution is 2.27. The van der Waals surface area contributed by atoms with Gasteiger partial charge in [-0.05, 0) is 32.0 Å². The van der Waals surface area contributed by atoms with Gasteiger partial charge in [0.1, 0.15) is 0 Å².